The van der Waals surface area contributed by atoms with E-state index in [0.29, 0.717) is 13.2 Å². The molecule has 12 nitrogen and oxygen atoms in total. The summed E-state index contributed by atoms with van der Waals surface area (Å²) in [4.78, 5) is 0. The van der Waals surface area contributed by atoms with Crippen LogP contribution >= 0.6 is 0 Å². The Hall–Kier alpha value is -2.76. The highest BCUT2D eigenvalue weighted by molar-refractivity contribution is 6.74. The van der Waals surface area contributed by atoms with Gasteiger partial charge in [0.15, 0.2) is 32.5 Å². The van der Waals surface area contributed by atoms with Gasteiger partial charge in [-0.2, -0.15) is 0 Å². The van der Waals surface area contributed by atoms with Crippen LogP contribution < -0.4 is 4.74 Å². The predicted octanol–water partition coefficient (Wildman–Crippen LogP) is 8.08. The van der Waals surface area contributed by atoms with Crippen LogP contribution in [0.4, 0.5) is 0 Å². The minimum atomic E-state index is -2.09. The van der Waals surface area contributed by atoms with E-state index >= 15 is 0 Å². The summed E-state index contributed by atoms with van der Waals surface area (Å²) in [5.74, 6) is -1.01. The fourth-order valence-corrected chi connectivity index (χ4v) is 8.76. The average Bonchev–Trinajstić information content (AvgIpc) is 3.70. The summed E-state index contributed by atoms with van der Waals surface area (Å²) in [5, 5.41) is 0.0351. The molecule has 0 aromatic heterocycles. The van der Waals surface area contributed by atoms with Crippen molar-refractivity contribution in [2.75, 3.05) is 26.9 Å². The van der Waals surface area contributed by atoms with Crippen LogP contribution in [0.3, 0.4) is 0 Å². The molecule has 59 heavy (non-hydrogen) atoms. The highest BCUT2D eigenvalue weighted by Gasteiger charge is 2.56. The van der Waals surface area contributed by atoms with Gasteiger partial charge >= 0.3 is 0 Å². The van der Waals surface area contributed by atoms with E-state index in [4.69, 9.17) is 56.5 Å². The van der Waals surface area contributed by atoms with Gasteiger partial charge in [0.05, 0.1) is 40.1 Å². The van der Waals surface area contributed by atoms with E-state index in [1.54, 1.807) is 7.11 Å². The molecular weight excluding hydrogens is 773 g/mol. The summed E-state index contributed by atoms with van der Waals surface area (Å²) in [6.07, 6.45) is -5.83. The van der Waals surface area contributed by atoms with Crippen molar-refractivity contribution in [1.82, 2.24) is 0 Å². The van der Waals surface area contributed by atoms with Crippen LogP contribution in [0.15, 0.2) is 84.9 Å². The van der Waals surface area contributed by atoms with Crippen molar-refractivity contribution < 1.29 is 56.5 Å². The van der Waals surface area contributed by atoms with E-state index in [1.165, 1.54) is 0 Å². The molecule has 0 spiro atoms. The van der Waals surface area contributed by atoms with E-state index in [1.807, 2.05) is 113 Å². The summed E-state index contributed by atoms with van der Waals surface area (Å²) in [7, 11) is -0.443. The molecular formula is C46H64O12Si. The van der Waals surface area contributed by atoms with Crippen LogP contribution in [0.25, 0.3) is 0 Å². The molecule has 0 aliphatic carbocycles. The zero-order chi connectivity index (χ0) is 42.0. The van der Waals surface area contributed by atoms with Crippen molar-refractivity contribution in [3.63, 3.8) is 0 Å². The molecule has 0 bridgehead atoms. The highest BCUT2D eigenvalue weighted by Crippen LogP contribution is 2.42. The number of fused-ring (bicyclic) bond motifs is 1. The molecule has 10 atom stereocenters. The lowest BCUT2D eigenvalue weighted by Gasteiger charge is -2.49. The predicted molar refractivity (Wildman–Crippen MR) is 222 cm³/mol. The first kappa shape index (κ1) is 44.3. The second-order valence-corrected chi connectivity index (χ2v) is 23.1. The van der Waals surface area contributed by atoms with E-state index in [-0.39, 0.29) is 31.0 Å². The van der Waals surface area contributed by atoms with Gasteiger partial charge in [0.25, 0.3) is 0 Å². The van der Waals surface area contributed by atoms with Crippen LogP contribution in [0.1, 0.15) is 71.4 Å². The molecule has 4 aliphatic rings. The van der Waals surface area contributed by atoms with Gasteiger partial charge in [0.2, 0.25) is 0 Å². The average molecular weight is 837 g/mol. The first-order chi connectivity index (χ1) is 28.0. The first-order valence-electron chi connectivity index (χ1n) is 20.9. The minimum absolute atomic E-state index is 0.0351. The van der Waals surface area contributed by atoms with Crippen molar-refractivity contribution in [2.24, 2.45) is 0 Å². The van der Waals surface area contributed by atoms with Crippen molar-refractivity contribution >= 4 is 8.32 Å². The summed E-state index contributed by atoms with van der Waals surface area (Å²) < 4.78 is 78.5. The van der Waals surface area contributed by atoms with Crippen LogP contribution in [-0.4, -0.2) is 102 Å². The van der Waals surface area contributed by atoms with Crippen molar-refractivity contribution in [2.45, 2.75) is 153 Å². The maximum Gasteiger partial charge on any atom is 0.192 e. The monoisotopic (exact) mass is 836 g/mol. The number of rotatable bonds is 15. The summed E-state index contributed by atoms with van der Waals surface area (Å²) in [6, 6.07) is 27.7. The number of hydrogen-bond donors (Lipinski definition) is 0. The van der Waals surface area contributed by atoms with Gasteiger partial charge < -0.3 is 56.5 Å². The molecule has 0 N–H and O–H groups in total. The van der Waals surface area contributed by atoms with E-state index in [0.717, 1.165) is 22.4 Å². The molecule has 4 heterocycles. The second-order valence-electron chi connectivity index (χ2n) is 18.3. The van der Waals surface area contributed by atoms with Gasteiger partial charge in [0.1, 0.15) is 54.6 Å². The molecule has 324 valence electrons. The standard InChI is InChI=1S/C46H64O12Si/c1-44(2,3)59(9,10)52-29-36-39(58-46(6,7)56-36)38-35(55-45(4,5)57-38)28-51-43-41(49-26-31-21-23-33(47-8)24-22-31)40(48-25-30-17-13-11-14-18-30)37-34(53-43)27-50-42(54-37)32-19-15-12-16-20-32/h11-24,34-43H,25-29H2,1-10H3/t34-,35-,36-,37-,38-,39-,40+,41+,42-,43-/m1/s1. The molecule has 0 unspecified atom stereocenters. The topological polar surface area (TPSA) is 111 Å². The Morgan fingerprint density at radius 1 is 0.644 bits per heavy atom. The molecule has 4 saturated heterocycles. The Balaban J connectivity index is 1.14. The molecule has 13 heteroatoms. The van der Waals surface area contributed by atoms with Crippen molar-refractivity contribution in [1.29, 1.82) is 0 Å². The van der Waals surface area contributed by atoms with E-state index < -0.39 is 75.2 Å². The van der Waals surface area contributed by atoms with Crippen LogP contribution in [0.5, 0.6) is 5.75 Å². The molecule has 0 saturated carbocycles. The van der Waals surface area contributed by atoms with E-state index in [9.17, 15) is 0 Å². The fourth-order valence-electron chi connectivity index (χ4n) is 7.74. The maximum absolute atomic E-state index is 6.82. The van der Waals surface area contributed by atoms with Gasteiger partial charge in [-0.05, 0) is 69.1 Å². The first-order valence-corrected chi connectivity index (χ1v) is 23.8. The lowest BCUT2D eigenvalue weighted by Crippen LogP contribution is -2.64. The number of benzene rings is 3. The molecule has 4 aliphatic heterocycles. The zero-order valence-electron chi connectivity index (χ0n) is 36.3. The summed E-state index contributed by atoms with van der Waals surface area (Å²) in [5.41, 5.74) is 2.87. The smallest absolute Gasteiger partial charge is 0.192 e. The third-order valence-corrected chi connectivity index (χ3v) is 16.3. The summed E-state index contributed by atoms with van der Waals surface area (Å²) >= 11 is 0. The second kappa shape index (κ2) is 18.3. The lowest BCUT2D eigenvalue weighted by atomic mass is 9.97. The molecule has 7 rings (SSSR count). The molecule has 3 aromatic carbocycles. The van der Waals surface area contributed by atoms with Crippen molar-refractivity contribution in [3.05, 3.63) is 102 Å². The quantitative estimate of drug-likeness (QED) is 0.138. The lowest BCUT2D eigenvalue weighted by molar-refractivity contribution is -0.374. The van der Waals surface area contributed by atoms with Crippen LogP contribution in [-0.2, 0) is 65.0 Å². The number of ether oxygens (including phenoxy) is 11. The Labute approximate surface area is 351 Å². The largest absolute Gasteiger partial charge is 0.497 e. The van der Waals surface area contributed by atoms with Crippen LogP contribution in [0.2, 0.25) is 18.1 Å². The SMILES string of the molecule is COc1ccc(CO[C@@H]2[C@H](OC[C@H]3OC(C)(C)O[C@H]3[C@@H]3OC(C)(C)O[C@@H]3CO[Si](C)(C)C(C)(C)C)O[C@@H]3CO[C@@H](c4ccccc4)O[C@H]3[C@@H]2OCc2ccccc2)cc1. The zero-order valence-corrected chi connectivity index (χ0v) is 37.3. The number of methoxy groups -OCH3 is 1. The van der Waals surface area contributed by atoms with Gasteiger partial charge in [-0.15, -0.1) is 0 Å². The van der Waals surface area contributed by atoms with Gasteiger partial charge in [-0.1, -0.05) is 93.6 Å². The van der Waals surface area contributed by atoms with Gasteiger partial charge in [0, 0.05) is 5.56 Å². The summed E-state index contributed by atoms with van der Waals surface area (Å²) in [6.45, 7) is 20.1. The number of hydrogen-bond acceptors (Lipinski definition) is 12. The van der Waals surface area contributed by atoms with Gasteiger partial charge in [-0.25, -0.2) is 0 Å². The maximum atomic E-state index is 6.82. The molecule has 0 radical (unpaired) electrons. The normalized spacial score (nSPS) is 31.8. The third kappa shape index (κ3) is 10.8. The van der Waals surface area contributed by atoms with Crippen LogP contribution in [0, 0.1) is 0 Å². The highest BCUT2D eigenvalue weighted by atomic mass is 28.4. The Bertz CT molecular complexity index is 1770. The fraction of sp³-hybridized carbons (Fsp3) is 0.609. The minimum Gasteiger partial charge on any atom is -0.497 e. The molecule has 0 amide bonds. The molecule has 4 fully saturated rings. The third-order valence-electron chi connectivity index (χ3n) is 11.8. The Morgan fingerprint density at radius 2 is 1.20 bits per heavy atom. The van der Waals surface area contributed by atoms with Crippen molar-refractivity contribution in [3.8, 4) is 5.75 Å². The van der Waals surface area contributed by atoms with E-state index in [2.05, 4.69) is 33.9 Å². The van der Waals surface area contributed by atoms with Gasteiger partial charge in [-0.3, -0.25) is 0 Å². The Kier molecular flexibility index (Phi) is 13.7. The molecule has 3 aromatic rings. The Morgan fingerprint density at radius 3 is 1.80 bits per heavy atom.